The van der Waals surface area contributed by atoms with Gasteiger partial charge in [-0.15, -0.1) is 0 Å². The van der Waals surface area contributed by atoms with Crippen molar-refractivity contribution in [3.05, 3.63) is 76.5 Å². The summed E-state index contributed by atoms with van der Waals surface area (Å²) in [6, 6.07) is 10.1. The van der Waals surface area contributed by atoms with Crippen LogP contribution in [0, 0.1) is 30.4 Å². The van der Waals surface area contributed by atoms with Crippen molar-refractivity contribution in [3.8, 4) is 17.0 Å². The number of nitrogens with zero attached hydrogens (tertiary/aromatic N) is 2. The van der Waals surface area contributed by atoms with E-state index in [2.05, 4.69) is 9.88 Å². The molecule has 7 heteroatoms. The summed E-state index contributed by atoms with van der Waals surface area (Å²) in [5.74, 6) is 0.668. The lowest BCUT2D eigenvalue weighted by molar-refractivity contribution is -0.118. The third kappa shape index (κ3) is 4.47. The Labute approximate surface area is 221 Å². The number of Topliss-reactive ketones (excluding diaryl/α,β-unsaturated/α-hetero) is 1. The Kier molecular flexibility index (Phi) is 6.02. The van der Waals surface area contributed by atoms with Gasteiger partial charge in [-0.05, 0) is 104 Å². The zero-order valence-electron chi connectivity index (χ0n) is 21.9. The molecule has 0 amide bonds. The van der Waals surface area contributed by atoms with E-state index in [1.807, 2.05) is 19.1 Å². The van der Waals surface area contributed by atoms with E-state index in [1.165, 1.54) is 12.1 Å². The van der Waals surface area contributed by atoms with Crippen molar-refractivity contribution in [2.24, 2.45) is 11.8 Å². The van der Waals surface area contributed by atoms with Gasteiger partial charge in [0.1, 0.15) is 24.0 Å². The van der Waals surface area contributed by atoms with Gasteiger partial charge in [0.25, 0.3) is 0 Å². The smallest absolute Gasteiger partial charge is 0.213 e. The lowest BCUT2D eigenvalue weighted by atomic mass is 9.93. The van der Waals surface area contributed by atoms with Crippen molar-refractivity contribution < 1.29 is 23.4 Å². The van der Waals surface area contributed by atoms with E-state index in [-0.39, 0.29) is 30.0 Å². The summed E-state index contributed by atoms with van der Waals surface area (Å²) in [6.45, 7) is 6.56. The molecule has 0 radical (unpaired) electrons. The number of rotatable bonds is 6. The SMILES string of the molecule is CC(=O)[C@H]1[C@@H]2Cc3cc(OCc4cc(-c5ccc(N6CCC(C)(O)CC6)cc5F)c(C)cc4F)ncc3[C@@H]21. The summed E-state index contributed by atoms with van der Waals surface area (Å²) in [5, 5.41) is 10.2. The molecule has 1 N–H and O–H groups in total. The number of aromatic nitrogens is 1. The fourth-order valence-electron chi connectivity index (χ4n) is 6.34. The maximum atomic E-state index is 15.3. The second-order valence-electron chi connectivity index (χ2n) is 11.4. The predicted octanol–water partition coefficient (Wildman–Crippen LogP) is 5.74. The van der Waals surface area contributed by atoms with Gasteiger partial charge in [-0.1, -0.05) is 0 Å². The average molecular weight is 519 g/mol. The number of carbonyl (C=O) groups excluding carboxylic acids is 1. The summed E-state index contributed by atoms with van der Waals surface area (Å²) in [4.78, 5) is 18.2. The molecule has 198 valence electrons. The quantitative estimate of drug-likeness (QED) is 0.451. The molecule has 0 spiro atoms. The number of halogens is 2. The Morgan fingerprint density at radius 1 is 1.13 bits per heavy atom. The number of aliphatic hydroxyl groups is 1. The topological polar surface area (TPSA) is 62.7 Å². The molecular formula is C31H32F2N2O3. The molecule has 1 aromatic heterocycles. The van der Waals surface area contributed by atoms with E-state index in [9.17, 15) is 14.3 Å². The molecule has 2 fully saturated rings. The zero-order valence-corrected chi connectivity index (χ0v) is 21.9. The molecule has 2 heterocycles. The van der Waals surface area contributed by atoms with Crippen LogP contribution < -0.4 is 9.64 Å². The van der Waals surface area contributed by atoms with Crippen molar-refractivity contribution >= 4 is 11.5 Å². The van der Waals surface area contributed by atoms with Gasteiger partial charge in [-0.2, -0.15) is 0 Å². The maximum absolute atomic E-state index is 15.3. The number of fused-ring (bicyclic) bond motifs is 3. The van der Waals surface area contributed by atoms with Gasteiger partial charge in [0.2, 0.25) is 5.88 Å². The fraction of sp³-hybridized carbons (Fsp3) is 0.419. The molecule has 0 unspecified atom stereocenters. The number of aryl methyl sites for hydroxylation is 1. The number of carbonyl (C=O) groups is 1. The Morgan fingerprint density at radius 2 is 1.89 bits per heavy atom. The second kappa shape index (κ2) is 9.16. The summed E-state index contributed by atoms with van der Waals surface area (Å²) < 4.78 is 36.0. The van der Waals surface area contributed by atoms with Crippen LogP contribution in [0.3, 0.4) is 0 Å². The standard InChI is InChI=1S/C31H32F2N2O3/c1-17-10-26(32)20(16-38-28-13-19-11-24-29(18(2)36)30(24)25(19)15-34-28)12-23(17)22-5-4-21(14-27(22)33)35-8-6-31(3,37)7-9-35/h4-5,10,12-15,24,29-30,37H,6-9,11,16H2,1-3H3/t24-,29-,30+/m0/s1. The Morgan fingerprint density at radius 3 is 2.61 bits per heavy atom. The summed E-state index contributed by atoms with van der Waals surface area (Å²) in [6.07, 6.45) is 3.90. The number of benzene rings is 2. The van der Waals surface area contributed by atoms with Crippen molar-refractivity contribution in [1.29, 1.82) is 0 Å². The van der Waals surface area contributed by atoms with Crippen molar-refractivity contribution in [3.63, 3.8) is 0 Å². The van der Waals surface area contributed by atoms with E-state index in [1.54, 1.807) is 32.2 Å². The lowest BCUT2D eigenvalue weighted by Gasteiger charge is -2.37. The number of pyridine rings is 1. The zero-order chi connectivity index (χ0) is 26.8. The summed E-state index contributed by atoms with van der Waals surface area (Å²) >= 11 is 0. The van der Waals surface area contributed by atoms with Gasteiger partial charge in [0, 0.05) is 48.1 Å². The molecule has 2 aromatic carbocycles. The van der Waals surface area contributed by atoms with Crippen LogP contribution >= 0.6 is 0 Å². The first kappa shape index (κ1) is 25.0. The monoisotopic (exact) mass is 518 g/mol. The molecule has 1 aliphatic heterocycles. The number of ketones is 1. The van der Waals surface area contributed by atoms with E-state index in [4.69, 9.17) is 4.74 Å². The van der Waals surface area contributed by atoms with Crippen LogP contribution in [0.15, 0.2) is 42.6 Å². The highest BCUT2D eigenvalue weighted by atomic mass is 19.1. The van der Waals surface area contributed by atoms with Crippen molar-refractivity contribution in [1.82, 2.24) is 4.98 Å². The largest absolute Gasteiger partial charge is 0.473 e. The molecule has 1 saturated heterocycles. The Hall–Kier alpha value is -3.32. The van der Waals surface area contributed by atoms with Gasteiger partial charge >= 0.3 is 0 Å². The van der Waals surface area contributed by atoms with Gasteiger partial charge in [-0.25, -0.2) is 13.8 Å². The maximum Gasteiger partial charge on any atom is 0.213 e. The van der Waals surface area contributed by atoms with Crippen LogP contribution in [0.1, 0.15) is 54.9 Å². The molecule has 0 bridgehead atoms. The van der Waals surface area contributed by atoms with E-state index in [0.29, 0.717) is 60.0 Å². The number of hydrogen-bond donors (Lipinski definition) is 1. The molecule has 3 aromatic rings. The van der Waals surface area contributed by atoms with Crippen LogP contribution in [-0.4, -0.2) is 34.6 Å². The van der Waals surface area contributed by atoms with Gasteiger partial charge in [0.15, 0.2) is 0 Å². The minimum absolute atomic E-state index is 0.0266. The van der Waals surface area contributed by atoms with Crippen LogP contribution in [-0.2, 0) is 17.8 Å². The summed E-state index contributed by atoms with van der Waals surface area (Å²) in [7, 11) is 0. The fourth-order valence-corrected chi connectivity index (χ4v) is 6.34. The number of piperidine rings is 1. The number of hydrogen-bond acceptors (Lipinski definition) is 5. The first-order valence-electron chi connectivity index (χ1n) is 13.3. The van der Waals surface area contributed by atoms with Crippen LogP contribution in [0.2, 0.25) is 0 Å². The normalized spacial score (nSPS) is 23.1. The highest BCUT2D eigenvalue weighted by Crippen LogP contribution is 2.61. The van der Waals surface area contributed by atoms with E-state index < -0.39 is 11.4 Å². The van der Waals surface area contributed by atoms with Crippen LogP contribution in [0.4, 0.5) is 14.5 Å². The van der Waals surface area contributed by atoms with Crippen LogP contribution in [0.5, 0.6) is 5.88 Å². The van der Waals surface area contributed by atoms with Crippen molar-refractivity contribution in [2.45, 2.75) is 58.2 Å². The Bertz CT molecular complexity index is 1430. The van der Waals surface area contributed by atoms with Gasteiger partial charge in [-0.3, -0.25) is 4.79 Å². The minimum atomic E-state index is -0.674. The van der Waals surface area contributed by atoms with Gasteiger partial charge in [0.05, 0.1) is 5.60 Å². The van der Waals surface area contributed by atoms with Gasteiger partial charge < -0.3 is 14.7 Å². The highest BCUT2D eigenvalue weighted by Gasteiger charge is 2.58. The van der Waals surface area contributed by atoms with Crippen molar-refractivity contribution in [2.75, 3.05) is 18.0 Å². The number of ether oxygens (including phenoxy) is 1. The van der Waals surface area contributed by atoms with Crippen LogP contribution in [0.25, 0.3) is 11.1 Å². The molecule has 3 aliphatic rings. The summed E-state index contributed by atoms with van der Waals surface area (Å²) in [5.41, 5.74) is 4.37. The predicted molar refractivity (Wildman–Crippen MR) is 141 cm³/mol. The first-order chi connectivity index (χ1) is 18.1. The second-order valence-corrected chi connectivity index (χ2v) is 11.4. The molecule has 3 atom stereocenters. The molecule has 1 saturated carbocycles. The molecular weight excluding hydrogens is 486 g/mol. The third-order valence-electron chi connectivity index (χ3n) is 8.67. The van der Waals surface area contributed by atoms with E-state index in [0.717, 1.165) is 23.2 Å². The molecule has 2 aliphatic carbocycles. The molecule has 6 rings (SSSR count). The van der Waals surface area contributed by atoms with E-state index >= 15 is 4.39 Å². The molecule has 38 heavy (non-hydrogen) atoms. The number of anilines is 1. The Balaban J connectivity index is 1.18. The average Bonchev–Trinajstić information content (AvgIpc) is 3.46. The lowest BCUT2D eigenvalue weighted by Crippen LogP contribution is -2.42. The first-order valence-corrected chi connectivity index (χ1v) is 13.3. The molecule has 5 nitrogen and oxygen atoms in total. The minimum Gasteiger partial charge on any atom is -0.473 e. The highest BCUT2D eigenvalue weighted by molar-refractivity contribution is 5.84. The third-order valence-corrected chi connectivity index (χ3v) is 8.67.